The Balaban J connectivity index is 2.22. The van der Waals surface area contributed by atoms with Crippen molar-refractivity contribution in [2.45, 2.75) is 0 Å². The maximum atomic E-state index is 12.4. The minimum Gasteiger partial charge on any atom is -0.495 e. The molecule has 3 rings (SSSR count). The van der Waals surface area contributed by atoms with E-state index in [1.807, 2.05) is 0 Å². The van der Waals surface area contributed by atoms with E-state index in [1.165, 1.54) is 10.8 Å². The molecule has 2 aromatic heterocycles. The van der Waals surface area contributed by atoms with E-state index in [9.17, 15) is 4.79 Å². The standard InChI is InChI=1S/C14H10ClN3O2/c1-20-13-3-2-9(8-11(13)15)18-7-5-12-10(14(18)19)4-6-16-17-12/h2-8H,1H3. The molecular weight excluding hydrogens is 278 g/mol. The summed E-state index contributed by atoms with van der Waals surface area (Å²) in [5, 5.41) is 8.63. The quantitative estimate of drug-likeness (QED) is 0.726. The second-order valence-corrected chi connectivity index (χ2v) is 4.55. The average Bonchev–Trinajstić information content (AvgIpc) is 2.48. The molecule has 100 valence electrons. The van der Waals surface area contributed by atoms with Crippen LogP contribution in [0.2, 0.25) is 5.02 Å². The van der Waals surface area contributed by atoms with Crippen molar-refractivity contribution in [1.29, 1.82) is 0 Å². The van der Waals surface area contributed by atoms with E-state index in [0.29, 0.717) is 27.4 Å². The SMILES string of the molecule is COc1ccc(-n2ccc3nnccc3c2=O)cc1Cl. The first-order valence-electron chi connectivity index (χ1n) is 5.87. The van der Waals surface area contributed by atoms with Crippen molar-refractivity contribution in [2.24, 2.45) is 0 Å². The van der Waals surface area contributed by atoms with Gasteiger partial charge in [-0.25, -0.2) is 0 Å². The molecule has 0 saturated heterocycles. The van der Waals surface area contributed by atoms with Gasteiger partial charge in [-0.3, -0.25) is 9.36 Å². The molecule has 0 aliphatic rings. The molecule has 0 unspecified atom stereocenters. The van der Waals surface area contributed by atoms with Crippen LogP contribution >= 0.6 is 11.6 Å². The summed E-state index contributed by atoms with van der Waals surface area (Å²) in [4.78, 5) is 12.4. The normalized spacial score (nSPS) is 10.7. The van der Waals surface area contributed by atoms with Gasteiger partial charge in [0.25, 0.3) is 5.56 Å². The second-order valence-electron chi connectivity index (χ2n) is 4.14. The number of rotatable bonds is 2. The van der Waals surface area contributed by atoms with E-state index in [4.69, 9.17) is 16.3 Å². The van der Waals surface area contributed by atoms with Gasteiger partial charge >= 0.3 is 0 Å². The highest BCUT2D eigenvalue weighted by atomic mass is 35.5. The van der Waals surface area contributed by atoms with Crippen LogP contribution in [0.1, 0.15) is 0 Å². The summed E-state index contributed by atoms with van der Waals surface area (Å²) in [5.74, 6) is 0.565. The molecule has 0 aliphatic heterocycles. The van der Waals surface area contributed by atoms with Crippen LogP contribution in [0.3, 0.4) is 0 Å². The zero-order valence-corrected chi connectivity index (χ0v) is 11.3. The summed E-state index contributed by atoms with van der Waals surface area (Å²) < 4.78 is 6.61. The minimum absolute atomic E-state index is 0.168. The number of pyridine rings is 1. The lowest BCUT2D eigenvalue weighted by atomic mass is 10.2. The molecule has 2 heterocycles. The number of aromatic nitrogens is 3. The largest absolute Gasteiger partial charge is 0.495 e. The molecule has 0 aliphatic carbocycles. The van der Waals surface area contributed by atoms with Crippen molar-refractivity contribution >= 4 is 22.5 Å². The maximum Gasteiger partial charge on any atom is 0.264 e. The first-order chi connectivity index (χ1) is 9.70. The van der Waals surface area contributed by atoms with Gasteiger partial charge in [0.1, 0.15) is 5.75 Å². The van der Waals surface area contributed by atoms with Gasteiger partial charge in [0.15, 0.2) is 0 Å². The first-order valence-corrected chi connectivity index (χ1v) is 6.25. The number of halogens is 1. The summed E-state index contributed by atoms with van der Waals surface area (Å²) >= 11 is 6.09. The van der Waals surface area contributed by atoms with Crippen LogP contribution < -0.4 is 10.3 Å². The third-order valence-electron chi connectivity index (χ3n) is 2.99. The Morgan fingerprint density at radius 3 is 2.85 bits per heavy atom. The van der Waals surface area contributed by atoms with E-state index in [0.717, 1.165) is 0 Å². The molecule has 20 heavy (non-hydrogen) atoms. The van der Waals surface area contributed by atoms with Crippen LogP contribution in [0.25, 0.3) is 16.6 Å². The highest BCUT2D eigenvalue weighted by molar-refractivity contribution is 6.32. The van der Waals surface area contributed by atoms with E-state index < -0.39 is 0 Å². The minimum atomic E-state index is -0.168. The third kappa shape index (κ3) is 2.02. The first kappa shape index (κ1) is 12.6. The molecule has 5 nitrogen and oxygen atoms in total. The Bertz CT molecular complexity index is 845. The van der Waals surface area contributed by atoms with Gasteiger partial charge < -0.3 is 4.74 Å². The summed E-state index contributed by atoms with van der Waals surface area (Å²) in [7, 11) is 1.54. The van der Waals surface area contributed by atoms with Gasteiger partial charge in [0, 0.05) is 6.20 Å². The van der Waals surface area contributed by atoms with Gasteiger partial charge in [-0.2, -0.15) is 10.2 Å². The van der Waals surface area contributed by atoms with Crippen LogP contribution in [0.5, 0.6) is 5.75 Å². The number of methoxy groups -OCH3 is 1. The number of fused-ring (bicyclic) bond motifs is 1. The van der Waals surface area contributed by atoms with Crippen molar-refractivity contribution in [2.75, 3.05) is 7.11 Å². The Kier molecular flexibility index (Phi) is 3.12. The molecule has 0 saturated carbocycles. The van der Waals surface area contributed by atoms with Crippen molar-refractivity contribution < 1.29 is 4.74 Å². The molecular formula is C14H10ClN3O2. The number of nitrogens with zero attached hydrogens (tertiary/aromatic N) is 3. The Hall–Kier alpha value is -2.40. The average molecular weight is 288 g/mol. The van der Waals surface area contributed by atoms with Crippen LogP contribution in [0.4, 0.5) is 0 Å². The molecule has 3 aromatic rings. The van der Waals surface area contributed by atoms with Gasteiger partial charge in [0.2, 0.25) is 0 Å². The second kappa shape index (κ2) is 4.94. The summed E-state index contributed by atoms with van der Waals surface area (Å²) in [6, 6.07) is 8.56. The lowest BCUT2D eigenvalue weighted by Gasteiger charge is -2.09. The molecule has 0 N–H and O–H groups in total. The lowest BCUT2D eigenvalue weighted by Crippen LogP contribution is -2.18. The van der Waals surface area contributed by atoms with Crippen molar-refractivity contribution in [3.05, 3.63) is 58.1 Å². The van der Waals surface area contributed by atoms with Crippen molar-refractivity contribution in [3.63, 3.8) is 0 Å². The predicted molar refractivity (Wildman–Crippen MR) is 76.7 cm³/mol. The van der Waals surface area contributed by atoms with Gasteiger partial charge in [-0.1, -0.05) is 11.6 Å². The summed E-state index contributed by atoms with van der Waals surface area (Å²) in [6.45, 7) is 0. The fourth-order valence-corrected chi connectivity index (χ4v) is 2.25. The number of benzene rings is 1. The molecule has 0 atom stereocenters. The molecule has 0 amide bonds. The van der Waals surface area contributed by atoms with E-state index in [-0.39, 0.29) is 5.56 Å². The van der Waals surface area contributed by atoms with Crippen LogP contribution in [0.15, 0.2) is 47.5 Å². The molecule has 0 bridgehead atoms. The predicted octanol–water partition coefficient (Wildman–Crippen LogP) is 2.44. The smallest absolute Gasteiger partial charge is 0.264 e. The van der Waals surface area contributed by atoms with Crippen LogP contribution in [-0.4, -0.2) is 21.9 Å². The van der Waals surface area contributed by atoms with E-state index in [1.54, 1.807) is 43.6 Å². The van der Waals surface area contributed by atoms with E-state index in [2.05, 4.69) is 10.2 Å². The van der Waals surface area contributed by atoms with Gasteiger partial charge in [0.05, 0.1) is 34.9 Å². The number of hydrogen-bond acceptors (Lipinski definition) is 4. The molecule has 6 heteroatoms. The third-order valence-corrected chi connectivity index (χ3v) is 3.29. The highest BCUT2D eigenvalue weighted by Gasteiger charge is 2.07. The van der Waals surface area contributed by atoms with Crippen molar-refractivity contribution in [3.8, 4) is 11.4 Å². The zero-order chi connectivity index (χ0) is 14.1. The highest BCUT2D eigenvalue weighted by Crippen LogP contribution is 2.26. The topological polar surface area (TPSA) is 57.0 Å². The van der Waals surface area contributed by atoms with Crippen LogP contribution in [-0.2, 0) is 0 Å². The van der Waals surface area contributed by atoms with Crippen LogP contribution in [0, 0.1) is 0 Å². The van der Waals surface area contributed by atoms with Gasteiger partial charge in [-0.05, 0) is 30.3 Å². The molecule has 1 aromatic carbocycles. The van der Waals surface area contributed by atoms with Gasteiger partial charge in [-0.15, -0.1) is 0 Å². The summed E-state index contributed by atoms with van der Waals surface area (Å²) in [5.41, 5.74) is 1.06. The molecule has 0 radical (unpaired) electrons. The molecule has 0 spiro atoms. The fourth-order valence-electron chi connectivity index (χ4n) is 2.00. The summed E-state index contributed by atoms with van der Waals surface area (Å²) in [6.07, 6.45) is 3.15. The Labute approximate surface area is 119 Å². The Morgan fingerprint density at radius 2 is 2.10 bits per heavy atom. The Morgan fingerprint density at radius 1 is 1.25 bits per heavy atom. The van der Waals surface area contributed by atoms with Crippen molar-refractivity contribution in [1.82, 2.24) is 14.8 Å². The fraction of sp³-hybridized carbons (Fsp3) is 0.0714. The number of hydrogen-bond donors (Lipinski definition) is 0. The lowest BCUT2D eigenvalue weighted by molar-refractivity contribution is 0.415. The number of ether oxygens (including phenoxy) is 1. The monoisotopic (exact) mass is 287 g/mol. The maximum absolute atomic E-state index is 12.4. The zero-order valence-electron chi connectivity index (χ0n) is 10.6. The van der Waals surface area contributed by atoms with E-state index >= 15 is 0 Å². The molecule has 0 fully saturated rings.